The van der Waals surface area contributed by atoms with Crippen LogP contribution in [0.5, 0.6) is 0 Å². The molecule has 0 bridgehead atoms. The topological polar surface area (TPSA) is 17.1 Å². The summed E-state index contributed by atoms with van der Waals surface area (Å²) in [7, 11) is 0.0910. The summed E-state index contributed by atoms with van der Waals surface area (Å²) in [5, 5.41) is 1.98. The first-order valence-corrected chi connectivity index (χ1v) is 3.55. The molecule has 0 spiro atoms. The third-order valence-electron chi connectivity index (χ3n) is 0.899. The van der Waals surface area contributed by atoms with Crippen LogP contribution in [0.25, 0.3) is 0 Å². The first-order valence-electron chi connectivity index (χ1n) is 1.99. The Hall–Kier alpha value is -0.0700. The first-order chi connectivity index (χ1) is 2.93. The summed E-state index contributed by atoms with van der Waals surface area (Å²) in [6.45, 7) is 0. The van der Waals surface area contributed by atoms with Gasteiger partial charge in [0.05, 0.1) is 0 Å². The van der Waals surface area contributed by atoms with Crippen molar-refractivity contribution in [2.45, 2.75) is 6.42 Å². The maximum absolute atomic E-state index is 9.67. The van der Waals surface area contributed by atoms with E-state index in [1.54, 1.807) is 0 Å². The van der Waals surface area contributed by atoms with E-state index in [0.29, 0.717) is 0 Å². The van der Waals surface area contributed by atoms with Crippen molar-refractivity contribution in [2.75, 3.05) is 11.5 Å². The predicted molar refractivity (Wildman–Crippen MR) is 27.6 cm³/mol. The van der Waals surface area contributed by atoms with Gasteiger partial charge < -0.3 is 0 Å². The van der Waals surface area contributed by atoms with E-state index in [4.69, 9.17) is 0 Å². The normalized spacial score (nSPS) is 22.0. The maximum Gasteiger partial charge on any atom is 0.155 e. The number of carbonyl (C=O) groups excluding carboxylic acids is 1. The molecule has 0 aromatic carbocycles. The molecule has 2 heteroatoms. The predicted octanol–water partition coefficient (Wildman–Crippen LogP) is 0.726. The maximum atomic E-state index is 9.67. The van der Waals surface area contributed by atoms with Crippen molar-refractivity contribution in [2.24, 2.45) is 0 Å². The molecular formula is C4H6OS. The molecule has 1 fully saturated rings. The van der Waals surface area contributed by atoms with Crippen LogP contribution in [-0.4, -0.2) is 16.7 Å². The molecule has 0 radical (unpaired) electrons. The fourth-order valence-corrected chi connectivity index (χ4v) is 1.12. The monoisotopic (exact) mass is 102 g/mol. The minimum Gasteiger partial charge on any atom is -0.226 e. The molecule has 34 valence electrons. The standard InChI is InChI=1S/C4H6OS/c5-4-6-2-1-3-6/h1-3H2. The van der Waals surface area contributed by atoms with Gasteiger partial charge in [-0.2, -0.15) is 0 Å². The van der Waals surface area contributed by atoms with Crippen LogP contribution < -0.4 is 0 Å². The Morgan fingerprint density at radius 3 is 2.17 bits per heavy atom. The lowest BCUT2D eigenvalue weighted by molar-refractivity contribution is 0.571. The van der Waals surface area contributed by atoms with Gasteiger partial charge in [0.1, 0.15) is 0 Å². The van der Waals surface area contributed by atoms with E-state index in [9.17, 15) is 4.79 Å². The fourth-order valence-electron chi connectivity index (χ4n) is 0.372. The molecule has 0 amide bonds. The Balaban J connectivity index is 2.55. The third kappa shape index (κ3) is 0.537. The Labute approximate surface area is 39.3 Å². The van der Waals surface area contributed by atoms with Crippen LogP contribution in [0.3, 0.4) is 0 Å². The summed E-state index contributed by atoms with van der Waals surface area (Å²) in [5.41, 5.74) is 0. The van der Waals surface area contributed by atoms with Gasteiger partial charge >= 0.3 is 0 Å². The van der Waals surface area contributed by atoms with E-state index in [0.717, 1.165) is 11.5 Å². The summed E-state index contributed by atoms with van der Waals surface area (Å²) in [6, 6.07) is 0. The molecule has 1 rings (SSSR count). The highest BCUT2D eigenvalue weighted by atomic mass is 32.2. The Bertz CT molecular complexity index is 96.1. The number of hydrogen-bond donors (Lipinski definition) is 0. The van der Waals surface area contributed by atoms with Crippen molar-refractivity contribution in [3.05, 3.63) is 0 Å². The molecule has 0 aromatic heterocycles. The van der Waals surface area contributed by atoms with Crippen molar-refractivity contribution in [1.29, 1.82) is 0 Å². The molecule has 1 saturated heterocycles. The van der Waals surface area contributed by atoms with Crippen LogP contribution in [0.2, 0.25) is 0 Å². The van der Waals surface area contributed by atoms with Gasteiger partial charge in [-0.15, -0.1) is 10.5 Å². The van der Waals surface area contributed by atoms with Crippen LogP contribution in [-0.2, 0) is 4.79 Å². The summed E-state index contributed by atoms with van der Waals surface area (Å²) < 4.78 is 0. The minimum absolute atomic E-state index is 0.0910. The smallest absolute Gasteiger partial charge is 0.155 e. The lowest BCUT2D eigenvalue weighted by Gasteiger charge is -2.11. The molecule has 1 nitrogen and oxygen atoms in total. The van der Waals surface area contributed by atoms with Crippen LogP contribution in [0.1, 0.15) is 6.42 Å². The second kappa shape index (κ2) is 1.59. The zero-order chi connectivity index (χ0) is 4.41. The van der Waals surface area contributed by atoms with Gasteiger partial charge in [0, 0.05) is 0 Å². The average Bonchev–Trinajstić information content (AvgIpc) is 1.31. The van der Waals surface area contributed by atoms with Crippen LogP contribution in [0.4, 0.5) is 0 Å². The largest absolute Gasteiger partial charge is 0.226 e. The summed E-state index contributed by atoms with van der Waals surface area (Å²) in [6.07, 6.45) is 1.25. The number of rotatable bonds is 0. The van der Waals surface area contributed by atoms with E-state index in [2.05, 4.69) is 0 Å². The van der Waals surface area contributed by atoms with Crippen LogP contribution in [0.15, 0.2) is 0 Å². The molecular weight excluding hydrogens is 96.1 g/mol. The van der Waals surface area contributed by atoms with E-state index in [-0.39, 0.29) is 10.5 Å². The zero-order valence-electron chi connectivity index (χ0n) is 3.44. The van der Waals surface area contributed by atoms with E-state index in [1.165, 1.54) is 6.42 Å². The SMILES string of the molecule is O=C=S1CCC1. The molecule has 0 saturated carbocycles. The van der Waals surface area contributed by atoms with Gasteiger partial charge in [-0.25, -0.2) is 4.79 Å². The summed E-state index contributed by atoms with van der Waals surface area (Å²) in [4.78, 5) is 9.67. The number of hydrogen-bond acceptors (Lipinski definition) is 1. The third-order valence-corrected chi connectivity index (χ3v) is 2.70. The van der Waals surface area contributed by atoms with Gasteiger partial charge in [0.25, 0.3) is 0 Å². The average molecular weight is 102 g/mol. The molecule has 0 aromatic rings. The minimum atomic E-state index is 0.0910. The van der Waals surface area contributed by atoms with E-state index >= 15 is 0 Å². The highest BCUT2D eigenvalue weighted by Crippen LogP contribution is 2.23. The second-order valence-electron chi connectivity index (χ2n) is 1.34. The lowest BCUT2D eigenvalue weighted by atomic mass is 10.5. The summed E-state index contributed by atoms with van der Waals surface area (Å²) in [5.74, 6) is 2.23. The molecule has 0 N–H and O–H groups in total. The molecule has 0 aliphatic carbocycles. The molecule has 1 aliphatic heterocycles. The molecule has 0 unspecified atom stereocenters. The zero-order valence-corrected chi connectivity index (χ0v) is 4.25. The van der Waals surface area contributed by atoms with Gasteiger partial charge in [0.2, 0.25) is 0 Å². The Morgan fingerprint density at radius 2 is 2.17 bits per heavy atom. The highest BCUT2D eigenvalue weighted by molar-refractivity contribution is 8.15. The summed E-state index contributed by atoms with van der Waals surface area (Å²) >= 11 is 0. The fraction of sp³-hybridized carbons (Fsp3) is 0.750. The Kier molecular flexibility index (Phi) is 1.08. The first kappa shape index (κ1) is 4.10. The molecule has 0 atom stereocenters. The quantitative estimate of drug-likeness (QED) is 0.412. The van der Waals surface area contributed by atoms with Crippen molar-refractivity contribution < 1.29 is 4.79 Å². The lowest BCUT2D eigenvalue weighted by Crippen LogP contribution is -2.00. The van der Waals surface area contributed by atoms with Gasteiger partial charge in [-0.1, -0.05) is 0 Å². The Morgan fingerprint density at radius 1 is 1.50 bits per heavy atom. The van der Waals surface area contributed by atoms with Crippen LogP contribution in [0, 0.1) is 0 Å². The second-order valence-corrected chi connectivity index (χ2v) is 3.31. The van der Waals surface area contributed by atoms with Crippen molar-refractivity contribution >= 4 is 15.7 Å². The molecule has 1 aliphatic rings. The van der Waals surface area contributed by atoms with Gasteiger partial charge in [0.15, 0.2) is 5.23 Å². The van der Waals surface area contributed by atoms with Gasteiger partial charge in [-0.3, -0.25) is 0 Å². The molecule has 1 heterocycles. The van der Waals surface area contributed by atoms with E-state index < -0.39 is 0 Å². The van der Waals surface area contributed by atoms with Crippen molar-refractivity contribution in [1.82, 2.24) is 0 Å². The van der Waals surface area contributed by atoms with E-state index in [1.807, 2.05) is 5.23 Å². The van der Waals surface area contributed by atoms with Crippen molar-refractivity contribution in [3.63, 3.8) is 0 Å². The van der Waals surface area contributed by atoms with Gasteiger partial charge in [-0.05, 0) is 17.9 Å². The highest BCUT2D eigenvalue weighted by Gasteiger charge is 2.05. The van der Waals surface area contributed by atoms with Crippen molar-refractivity contribution in [3.8, 4) is 0 Å². The van der Waals surface area contributed by atoms with Crippen LogP contribution >= 0.6 is 10.5 Å². The molecule has 6 heavy (non-hydrogen) atoms.